The van der Waals surface area contributed by atoms with Crippen LogP contribution in [0.1, 0.15) is 41.5 Å². The molecule has 7 nitrogen and oxygen atoms in total. The Morgan fingerprint density at radius 1 is 1.25 bits per heavy atom. The van der Waals surface area contributed by atoms with Crippen LogP contribution in [0.3, 0.4) is 0 Å². The summed E-state index contributed by atoms with van der Waals surface area (Å²) in [6.45, 7) is 15.2. The molecule has 24 heavy (non-hydrogen) atoms. The van der Waals surface area contributed by atoms with Crippen LogP contribution in [0, 0.1) is 0 Å². The minimum Gasteiger partial charge on any atom is -0.414 e. The van der Waals surface area contributed by atoms with Crippen LogP contribution in [0.15, 0.2) is 0 Å². The average molecular weight is 385 g/mol. The van der Waals surface area contributed by atoms with E-state index in [1.54, 1.807) is 13.8 Å². The van der Waals surface area contributed by atoms with E-state index in [0.29, 0.717) is 0 Å². The number of aliphatic hydroxyl groups is 1. The molecule has 1 N–H and O–H groups in total. The number of aliphatic hydroxyl groups excluding tert-OH is 1. The Labute approximate surface area is 146 Å². The van der Waals surface area contributed by atoms with Crippen LogP contribution in [0.2, 0.25) is 18.1 Å². The zero-order valence-electron chi connectivity index (χ0n) is 16.0. The van der Waals surface area contributed by atoms with Gasteiger partial charge in [-0.1, -0.05) is 20.8 Å². The molecule has 0 aliphatic carbocycles. The van der Waals surface area contributed by atoms with E-state index < -0.39 is 42.7 Å². The quantitative estimate of drug-likeness (QED) is 0.531. The SMILES string of the molecule is CCS(=O)(=O)O[C@H]1OC(C)(C)O[C@H]1[C@@H](O)CO[Si](C)(C)C(C)(C)C. The van der Waals surface area contributed by atoms with E-state index in [-0.39, 0.29) is 17.4 Å². The minimum atomic E-state index is -3.73. The lowest BCUT2D eigenvalue weighted by molar-refractivity contribution is -0.170. The van der Waals surface area contributed by atoms with Crippen molar-refractivity contribution in [2.45, 2.75) is 84.0 Å². The Bertz CT molecular complexity index is 524. The second-order valence-electron chi connectivity index (χ2n) is 8.05. The van der Waals surface area contributed by atoms with Gasteiger partial charge in [-0.3, -0.25) is 0 Å². The van der Waals surface area contributed by atoms with Crippen LogP contribution >= 0.6 is 0 Å². The van der Waals surface area contributed by atoms with Crippen molar-refractivity contribution in [3.63, 3.8) is 0 Å². The van der Waals surface area contributed by atoms with E-state index in [9.17, 15) is 13.5 Å². The molecule has 0 radical (unpaired) electrons. The third-order valence-corrected chi connectivity index (χ3v) is 10.2. The molecule has 3 atom stereocenters. The highest BCUT2D eigenvalue weighted by Crippen LogP contribution is 2.37. The van der Waals surface area contributed by atoms with Crippen molar-refractivity contribution in [3.8, 4) is 0 Å². The summed E-state index contributed by atoms with van der Waals surface area (Å²) in [4.78, 5) is 0. The number of ether oxygens (including phenoxy) is 2. The maximum Gasteiger partial charge on any atom is 0.269 e. The van der Waals surface area contributed by atoms with Gasteiger partial charge in [-0.15, -0.1) is 0 Å². The van der Waals surface area contributed by atoms with Gasteiger partial charge in [0, 0.05) is 0 Å². The predicted octanol–water partition coefficient (Wildman–Crippen LogP) is 2.21. The highest BCUT2D eigenvalue weighted by atomic mass is 32.2. The number of hydrogen-bond acceptors (Lipinski definition) is 7. The van der Waals surface area contributed by atoms with Crippen LogP contribution in [0.4, 0.5) is 0 Å². The molecule has 0 saturated carbocycles. The van der Waals surface area contributed by atoms with Crippen molar-refractivity contribution in [2.24, 2.45) is 0 Å². The maximum atomic E-state index is 11.7. The van der Waals surface area contributed by atoms with Crippen molar-refractivity contribution in [1.82, 2.24) is 0 Å². The average Bonchev–Trinajstić information content (AvgIpc) is 2.69. The fraction of sp³-hybridized carbons (Fsp3) is 1.00. The maximum absolute atomic E-state index is 11.7. The van der Waals surface area contributed by atoms with E-state index in [4.69, 9.17) is 18.1 Å². The smallest absolute Gasteiger partial charge is 0.269 e. The topological polar surface area (TPSA) is 91.3 Å². The molecular weight excluding hydrogens is 352 g/mol. The highest BCUT2D eigenvalue weighted by Gasteiger charge is 2.48. The van der Waals surface area contributed by atoms with Gasteiger partial charge in [-0.25, -0.2) is 4.18 Å². The number of hydrogen-bond donors (Lipinski definition) is 1. The molecule has 0 unspecified atom stereocenters. The van der Waals surface area contributed by atoms with Crippen molar-refractivity contribution in [1.29, 1.82) is 0 Å². The van der Waals surface area contributed by atoms with E-state index in [1.165, 1.54) is 6.92 Å². The van der Waals surface area contributed by atoms with E-state index in [2.05, 4.69) is 33.9 Å². The molecule has 0 bridgehead atoms. The largest absolute Gasteiger partial charge is 0.414 e. The summed E-state index contributed by atoms with van der Waals surface area (Å²) in [5, 5.41) is 10.5. The Morgan fingerprint density at radius 3 is 2.25 bits per heavy atom. The molecule has 1 fully saturated rings. The van der Waals surface area contributed by atoms with E-state index in [1.807, 2.05) is 0 Å². The lowest BCUT2D eigenvalue weighted by atomic mass is 10.2. The lowest BCUT2D eigenvalue weighted by Gasteiger charge is -2.37. The summed E-state index contributed by atoms with van der Waals surface area (Å²) >= 11 is 0. The van der Waals surface area contributed by atoms with Crippen molar-refractivity contribution >= 4 is 18.4 Å². The van der Waals surface area contributed by atoms with Crippen molar-refractivity contribution in [2.75, 3.05) is 12.4 Å². The summed E-state index contributed by atoms with van der Waals surface area (Å²) in [6, 6.07) is 0. The van der Waals surface area contributed by atoms with Gasteiger partial charge in [0.2, 0.25) is 6.29 Å². The van der Waals surface area contributed by atoms with Gasteiger partial charge in [0.05, 0.1) is 12.4 Å². The van der Waals surface area contributed by atoms with Gasteiger partial charge >= 0.3 is 0 Å². The first-order valence-electron chi connectivity index (χ1n) is 8.19. The van der Waals surface area contributed by atoms with Gasteiger partial charge in [-0.05, 0) is 38.9 Å². The molecule has 144 valence electrons. The molecule has 0 aromatic rings. The van der Waals surface area contributed by atoms with Gasteiger partial charge in [0.25, 0.3) is 10.1 Å². The molecule has 0 amide bonds. The van der Waals surface area contributed by atoms with Gasteiger partial charge in [0.1, 0.15) is 12.2 Å². The first-order chi connectivity index (χ1) is 10.6. The van der Waals surface area contributed by atoms with Crippen LogP contribution in [0.25, 0.3) is 0 Å². The Hall–Kier alpha value is -0.0331. The van der Waals surface area contributed by atoms with Gasteiger partial charge in [0.15, 0.2) is 14.1 Å². The van der Waals surface area contributed by atoms with E-state index >= 15 is 0 Å². The van der Waals surface area contributed by atoms with Gasteiger partial charge < -0.3 is 19.0 Å². The molecule has 9 heteroatoms. The second kappa shape index (κ2) is 7.30. The van der Waals surface area contributed by atoms with Crippen LogP contribution < -0.4 is 0 Å². The van der Waals surface area contributed by atoms with Crippen LogP contribution in [-0.2, 0) is 28.2 Å². The molecule has 1 heterocycles. The standard InChI is InChI=1S/C15H32O7SSi/c1-9-23(17,18)22-13-12(20-15(5,6)21-13)11(16)10-19-24(7,8)14(2,3)4/h11-13,16H,9-10H2,1-8H3/t11-,12-,13+/m0/s1. The Morgan fingerprint density at radius 2 is 1.79 bits per heavy atom. The summed E-state index contributed by atoms with van der Waals surface area (Å²) < 4.78 is 45.6. The van der Waals surface area contributed by atoms with Crippen molar-refractivity contribution in [3.05, 3.63) is 0 Å². The molecule has 1 aliphatic rings. The molecular formula is C15H32O7SSi. The Balaban J connectivity index is 2.81. The van der Waals surface area contributed by atoms with E-state index in [0.717, 1.165) is 0 Å². The summed E-state index contributed by atoms with van der Waals surface area (Å²) in [5.74, 6) is -1.23. The summed E-state index contributed by atoms with van der Waals surface area (Å²) in [5.41, 5.74) is 0. The zero-order valence-corrected chi connectivity index (χ0v) is 17.8. The molecule has 0 spiro atoms. The first kappa shape index (κ1) is 22.0. The molecule has 1 rings (SSSR count). The fourth-order valence-electron chi connectivity index (χ4n) is 1.91. The normalized spacial score (nSPS) is 26.5. The van der Waals surface area contributed by atoms with Crippen molar-refractivity contribution < 1.29 is 31.6 Å². The third-order valence-electron chi connectivity index (χ3n) is 4.48. The Kier molecular flexibility index (Phi) is 6.69. The third kappa shape index (κ3) is 5.75. The highest BCUT2D eigenvalue weighted by molar-refractivity contribution is 7.86. The minimum absolute atomic E-state index is 0.000471. The second-order valence-corrected chi connectivity index (χ2v) is 14.7. The van der Waals surface area contributed by atoms with Crippen LogP contribution in [-0.4, -0.2) is 58.5 Å². The summed E-state index contributed by atoms with van der Waals surface area (Å²) in [6.07, 6.45) is -3.19. The monoisotopic (exact) mass is 384 g/mol. The molecule has 0 aromatic carbocycles. The molecule has 1 aliphatic heterocycles. The van der Waals surface area contributed by atoms with Gasteiger partial charge in [-0.2, -0.15) is 8.42 Å². The van der Waals surface area contributed by atoms with Crippen LogP contribution in [0.5, 0.6) is 0 Å². The number of rotatable bonds is 7. The first-order valence-corrected chi connectivity index (χ1v) is 12.7. The molecule has 1 saturated heterocycles. The molecule has 0 aromatic heterocycles. The fourth-order valence-corrected chi connectivity index (χ4v) is 3.50. The summed E-state index contributed by atoms with van der Waals surface area (Å²) in [7, 11) is -5.78. The lowest BCUT2D eigenvalue weighted by Crippen LogP contribution is -2.46. The zero-order chi connectivity index (χ0) is 19.0. The predicted molar refractivity (Wildman–Crippen MR) is 93.5 cm³/mol.